The Morgan fingerprint density at radius 2 is 1.86 bits per heavy atom. The number of aromatic nitrogens is 4. The highest BCUT2D eigenvalue weighted by molar-refractivity contribution is 5.78. The third kappa shape index (κ3) is 6.64. The summed E-state index contributed by atoms with van der Waals surface area (Å²) in [6, 6.07) is 18.3. The van der Waals surface area contributed by atoms with Gasteiger partial charge in [-0.1, -0.05) is 48.5 Å². The van der Waals surface area contributed by atoms with E-state index in [4.69, 9.17) is 4.74 Å². The Labute approximate surface area is 247 Å². The van der Waals surface area contributed by atoms with Crippen molar-refractivity contribution in [2.24, 2.45) is 0 Å². The van der Waals surface area contributed by atoms with E-state index in [2.05, 4.69) is 37.3 Å². The first-order valence-electron chi connectivity index (χ1n) is 14.2. The number of carbonyl (C=O) groups is 1. The van der Waals surface area contributed by atoms with E-state index in [0.717, 1.165) is 23.8 Å². The lowest BCUT2D eigenvalue weighted by atomic mass is 10.1. The van der Waals surface area contributed by atoms with Crippen LogP contribution >= 0.6 is 0 Å². The van der Waals surface area contributed by atoms with Gasteiger partial charge in [-0.2, -0.15) is 18.2 Å². The summed E-state index contributed by atoms with van der Waals surface area (Å²) in [7, 11) is 1.62. The average Bonchev–Trinajstić information content (AvgIpc) is 3.53. The van der Waals surface area contributed by atoms with Gasteiger partial charge in [0, 0.05) is 68.6 Å². The van der Waals surface area contributed by atoms with E-state index in [1.165, 1.54) is 28.9 Å². The van der Waals surface area contributed by atoms with Crippen molar-refractivity contribution in [3.8, 4) is 11.7 Å². The Kier molecular flexibility index (Phi) is 8.02. The number of hydrogen-bond donors (Lipinski definition) is 1. The van der Waals surface area contributed by atoms with Crippen molar-refractivity contribution in [3.63, 3.8) is 0 Å². The van der Waals surface area contributed by atoms with E-state index in [1.54, 1.807) is 12.0 Å². The largest absolute Gasteiger partial charge is 0.496 e. The molecule has 3 unspecified atom stereocenters. The third-order valence-electron chi connectivity index (χ3n) is 7.96. The number of methoxy groups -OCH3 is 1. The molecule has 2 aromatic heterocycles. The van der Waals surface area contributed by atoms with Crippen LogP contribution in [0.4, 0.5) is 19.0 Å². The molecule has 0 radical (unpaired) electrons. The Morgan fingerprint density at radius 3 is 2.60 bits per heavy atom. The number of nitrogens with one attached hydrogen (secondary N) is 1. The number of hydrogen-bond acceptors (Lipinski definition) is 7. The molecule has 2 aromatic carbocycles. The van der Waals surface area contributed by atoms with E-state index in [-0.39, 0.29) is 36.1 Å². The lowest BCUT2D eigenvalue weighted by Crippen LogP contribution is -2.54. The predicted octanol–water partition coefficient (Wildman–Crippen LogP) is 4.44. The molecule has 1 saturated heterocycles. The molecule has 1 amide bonds. The van der Waals surface area contributed by atoms with Crippen LogP contribution in [0.3, 0.4) is 0 Å². The number of anilines is 1. The molecule has 1 aliphatic heterocycles. The van der Waals surface area contributed by atoms with Crippen molar-refractivity contribution < 1.29 is 22.7 Å². The summed E-state index contributed by atoms with van der Waals surface area (Å²) in [6.45, 7) is 1.96. The van der Waals surface area contributed by atoms with Gasteiger partial charge in [0.05, 0.1) is 13.2 Å². The van der Waals surface area contributed by atoms with Crippen LogP contribution < -0.4 is 15.0 Å². The highest BCUT2D eigenvalue weighted by Crippen LogP contribution is 2.41. The molecule has 6 rings (SSSR count). The quantitative estimate of drug-likeness (QED) is 0.308. The van der Waals surface area contributed by atoms with Gasteiger partial charge >= 0.3 is 6.18 Å². The second-order valence-corrected chi connectivity index (χ2v) is 10.9. The first-order valence-corrected chi connectivity index (χ1v) is 14.2. The average molecular weight is 592 g/mol. The molecule has 0 bridgehead atoms. The van der Waals surface area contributed by atoms with Crippen molar-refractivity contribution in [2.75, 3.05) is 31.6 Å². The minimum atomic E-state index is -4.68. The number of ether oxygens (including phenoxy) is 1. The van der Waals surface area contributed by atoms with Crippen molar-refractivity contribution in [1.82, 2.24) is 29.7 Å². The van der Waals surface area contributed by atoms with Crippen LogP contribution in [0.15, 0.2) is 79.4 Å². The molecule has 3 heterocycles. The van der Waals surface area contributed by atoms with Crippen LogP contribution in [0, 0.1) is 0 Å². The van der Waals surface area contributed by atoms with Gasteiger partial charge in [-0.05, 0) is 18.1 Å². The van der Waals surface area contributed by atoms with Crippen molar-refractivity contribution in [3.05, 3.63) is 96.2 Å². The van der Waals surface area contributed by atoms with Crippen molar-refractivity contribution >= 4 is 11.7 Å². The number of piperazine rings is 1. The molecule has 0 spiro atoms. The molecule has 1 N–H and O–H groups in total. The maximum absolute atomic E-state index is 13.9. The van der Waals surface area contributed by atoms with Crippen LogP contribution in [0.5, 0.6) is 5.75 Å². The van der Waals surface area contributed by atoms with E-state index >= 15 is 0 Å². The molecular weight excluding hydrogens is 559 g/mol. The highest BCUT2D eigenvalue weighted by atomic mass is 19.4. The van der Waals surface area contributed by atoms with Gasteiger partial charge in [0.15, 0.2) is 5.69 Å². The maximum Gasteiger partial charge on any atom is 0.433 e. The minimum Gasteiger partial charge on any atom is -0.496 e. The fourth-order valence-corrected chi connectivity index (χ4v) is 5.72. The van der Waals surface area contributed by atoms with Crippen LogP contribution in [0.1, 0.15) is 35.6 Å². The Balaban J connectivity index is 1.25. The number of imidazole rings is 1. The Hall–Kier alpha value is -4.45. The van der Waals surface area contributed by atoms with Gasteiger partial charge in [0.2, 0.25) is 11.9 Å². The summed E-state index contributed by atoms with van der Waals surface area (Å²) in [5.74, 6) is 0.872. The number of halogens is 3. The maximum atomic E-state index is 13.9. The fourth-order valence-electron chi connectivity index (χ4n) is 5.72. The highest BCUT2D eigenvalue weighted by Gasteiger charge is 2.41. The summed E-state index contributed by atoms with van der Waals surface area (Å²) in [5, 5.41) is 3.14. The van der Waals surface area contributed by atoms with Gasteiger partial charge < -0.3 is 15.0 Å². The molecule has 1 saturated carbocycles. The van der Waals surface area contributed by atoms with Gasteiger partial charge in [0.25, 0.3) is 0 Å². The Morgan fingerprint density at radius 1 is 1.07 bits per heavy atom. The SMILES string of the molecule is COc1ccccc1CN1CCN(c2cc(C(F)(F)F)nc(-n3ccnc3)n2)C(CC(=O)NC2CC2c2ccccc2)C1. The number of para-hydroxylation sites is 1. The van der Waals surface area contributed by atoms with Crippen LogP contribution in [-0.2, 0) is 17.5 Å². The smallest absolute Gasteiger partial charge is 0.433 e. The molecule has 224 valence electrons. The summed E-state index contributed by atoms with van der Waals surface area (Å²) in [6.07, 6.45) is 0.589. The molecule has 43 heavy (non-hydrogen) atoms. The third-order valence-corrected chi connectivity index (χ3v) is 7.96. The zero-order valence-electron chi connectivity index (χ0n) is 23.6. The Bertz CT molecular complexity index is 1550. The first-order chi connectivity index (χ1) is 20.8. The topological polar surface area (TPSA) is 88.4 Å². The molecule has 12 heteroatoms. The van der Waals surface area contributed by atoms with Crippen LogP contribution in [0.2, 0.25) is 0 Å². The van der Waals surface area contributed by atoms with Crippen LogP contribution in [-0.4, -0.2) is 69.2 Å². The predicted molar refractivity (Wildman–Crippen MR) is 154 cm³/mol. The van der Waals surface area contributed by atoms with Crippen molar-refractivity contribution in [2.45, 2.75) is 43.6 Å². The monoisotopic (exact) mass is 591 g/mol. The zero-order chi connectivity index (χ0) is 30.0. The number of carbonyl (C=O) groups excluding carboxylic acids is 1. The molecule has 1 aliphatic carbocycles. The summed E-state index contributed by atoms with van der Waals surface area (Å²) < 4.78 is 48.7. The molecule has 2 aliphatic rings. The zero-order valence-corrected chi connectivity index (χ0v) is 23.6. The van der Waals surface area contributed by atoms with Gasteiger partial charge in [-0.15, -0.1) is 0 Å². The minimum absolute atomic E-state index is 0.0420. The van der Waals surface area contributed by atoms with E-state index in [9.17, 15) is 18.0 Å². The standard InChI is InChI=1S/C31H32F3N7O2/c1-43-26-10-6-5-9-22(26)18-39-13-14-41(28-17-27(31(32,33)34)37-30(38-28)40-12-11-35-20-40)23(19-39)15-29(42)36-25-16-24(25)21-7-3-2-4-8-21/h2-12,17,20,23-25H,13-16,18-19H2,1H3,(H,36,42). The number of amides is 1. The fraction of sp³-hybridized carbons (Fsp3) is 0.355. The second kappa shape index (κ2) is 12.0. The molecular formula is C31H32F3N7O2. The lowest BCUT2D eigenvalue weighted by Gasteiger charge is -2.42. The summed E-state index contributed by atoms with van der Waals surface area (Å²) in [5.41, 5.74) is 1.13. The number of nitrogens with zero attached hydrogens (tertiary/aromatic N) is 6. The first kappa shape index (κ1) is 28.7. The van der Waals surface area contributed by atoms with Gasteiger partial charge in [0.1, 0.15) is 17.9 Å². The number of benzene rings is 2. The molecule has 3 atom stereocenters. The summed E-state index contributed by atoms with van der Waals surface area (Å²) >= 11 is 0. The molecule has 4 aromatic rings. The number of rotatable bonds is 9. The van der Waals surface area contributed by atoms with Gasteiger partial charge in [-0.25, -0.2) is 9.97 Å². The van der Waals surface area contributed by atoms with E-state index in [0.29, 0.717) is 26.2 Å². The summed E-state index contributed by atoms with van der Waals surface area (Å²) in [4.78, 5) is 29.5. The lowest BCUT2D eigenvalue weighted by molar-refractivity contribution is -0.141. The van der Waals surface area contributed by atoms with E-state index in [1.807, 2.05) is 42.5 Å². The second-order valence-electron chi connectivity index (χ2n) is 10.9. The molecule has 9 nitrogen and oxygen atoms in total. The van der Waals surface area contributed by atoms with Crippen LogP contribution in [0.25, 0.3) is 5.95 Å². The van der Waals surface area contributed by atoms with Gasteiger partial charge in [-0.3, -0.25) is 14.3 Å². The molecule has 2 fully saturated rings. The van der Waals surface area contributed by atoms with E-state index < -0.39 is 17.9 Å². The van der Waals surface area contributed by atoms with Crippen molar-refractivity contribution in [1.29, 1.82) is 0 Å². The normalized spacial score (nSPS) is 20.6. The number of alkyl halides is 3.